The summed E-state index contributed by atoms with van der Waals surface area (Å²) in [7, 11) is 4.01. The minimum atomic E-state index is 0.788. The Hall–Kier alpha value is -2.40. The highest BCUT2D eigenvalue weighted by molar-refractivity contribution is 5.53. The number of nitrogens with zero attached hydrogens (tertiary/aromatic N) is 3. The van der Waals surface area contributed by atoms with Crippen molar-refractivity contribution in [1.29, 1.82) is 0 Å². The number of benzene rings is 2. The van der Waals surface area contributed by atoms with Crippen LogP contribution >= 0.6 is 0 Å². The van der Waals surface area contributed by atoms with E-state index in [1.165, 1.54) is 0 Å². The fraction of sp³-hybridized carbons (Fsp3) is 0.143. The summed E-state index contributed by atoms with van der Waals surface area (Å²) in [5.41, 5.74) is 6.16. The third kappa shape index (κ3) is 3.53. The number of hydrogen-bond acceptors (Lipinski definition) is 5. The summed E-state index contributed by atoms with van der Waals surface area (Å²) in [4.78, 5) is 2.04. The lowest BCUT2D eigenvalue weighted by atomic mass is 10.3. The summed E-state index contributed by atoms with van der Waals surface area (Å²) < 4.78 is 0. The molecule has 98 valence electrons. The number of rotatable bonds is 4. The van der Waals surface area contributed by atoms with Gasteiger partial charge in [-0.2, -0.15) is 10.2 Å². The lowest BCUT2D eigenvalue weighted by Gasteiger charge is -2.11. The van der Waals surface area contributed by atoms with Crippen molar-refractivity contribution in [3.8, 4) is 0 Å². The smallest absolute Gasteiger partial charge is 0.0858 e. The van der Waals surface area contributed by atoms with E-state index in [1.807, 2.05) is 67.5 Å². The second-order valence-corrected chi connectivity index (χ2v) is 4.30. The molecule has 0 spiro atoms. The van der Waals surface area contributed by atoms with Gasteiger partial charge in [-0.1, -0.05) is 0 Å². The van der Waals surface area contributed by atoms with E-state index in [0.29, 0.717) is 0 Å². The van der Waals surface area contributed by atoms with Crippen LogP contribution in [0.4, 0.5) is 22.7 Å². The Labute approximate surface area is 112 Å². The van der Waals surface area contributed by atoms with Gasteiger partial charge in [-0.15, -0.1) is 0 Å². The van der Waals surface area contributed by atoms with Crippen molar-refractivity contribution in [3.05, 3.63) is 48.5 Å². The lowest BCUT2D eigenvalue weighted by Crippen LogP contribution is -2.07. The number of hydrazine groups is 1. The molecule has 2 aromatic carbocycles. The van der Waals surface area contributed by atoms with Crippen molar-refractivity contribution in [2.75, 3.05) is 24.4 Å². The van der Waals surface area contributed by atoms with Crippen LogP contribution in [0.1, 0.15) is 0 Å². The van der Waals surface area contributed by atoms with Crippen molar-refractivity contribution in [2.24, 2.45) is 16.1 Å². The summed E-state index contributed by atoms with van der Waals surface area (Å²) >= 11 is 0. The predicted molar refractivity (Wildman–Crippen MR) is 79.2 cm³/mol. The van der Waals surface area contributed by atoms with Gasteiger partial charge in [0.25, 0.3) is 0 Å². The number of nitrogen functional groups attached to an aromatic ring is 1. The van der Waals surface area contributed by atoms with Gasteiger partial charge in [-0.05, 0) is 48.5 Å². The van der Waals surface area contributed by atoms with Gasteiger partial charge in [0.05, 0.1) is 11.4 Å². The molecule has 0 radical (unpaired) electrons. The molecule has 0 aliphatic heterocycles. The van der Waals surface area contributed by atoms with Gasteiger partial charge >= 0.3 is 0 Å². The molecular weight excluding hydrogens is 238 g/mol. The van der Waals surface area contributed by atoms with Gasteiger partial charge in [-0.3, -0.25) is 5.84 Å². The zero-order valence-corrected chi connectivity index (χ0v) is 11.0. The first-order chi connectivity index (χ1) is 9.19. The molecule has 2 aromatic rings. The largest absolute Gasteiger partial charge is 0.378 e. The molecule has 0 atom stereocenters. The number of hydrogen-bond donors (Lipinski definition) is 2. The molecule has 2 rings (SSSR count). The Bertz CT molecular complexity index is 543. The lowest BCUT2D eigenvalue weighted by molar-refractivity contribution is 1.13. The Morgan fingerprint density at radius 3 is 1.74 bits per heavy atom. The summed E-state index contributed by atoms with van der Waals surface area (Å²) in [6.07, 6.45) is 0. The zero-order valence-electron chi connectivity index (χ0n) is 11.0. The Morgan fingerprint density at radius 1 is 0.842 bits per heavy atom. The van der Waals surface area contributed by atoms with E-state index >= 15 is 0 Å². The van der Waals surface area contributed by atoms with Gasteiger partial charge in [0.15, 0.2) is 0 Å². The maximum atomic E-state index is 5.30. The minimum Gasteiger partial charge on any atom is -0.378 e. The van der Waals surface area contributed by atoms with Crippen molar-refractivity contribution in [3.63, 3.8) is 0 Å². The molecule has 0 unspecified atom stereocenters. The summed E-state index contributed by atoms with van der Waals surface area (Å²) in [6, 6.07) is 15.3. The van der Waals surface area contributed by atoms with Crippen molar-refractivity contribution < 1.29 is 0 Å². The number of anilines is 2. The van der Waals surface area contributed by atoms with Crippen LogP contribution in [0.15, 0.2) is 58.8 Å². The van der Waals surface area contributed by atoms with Gasteiger partial charge in [0, 0.05) is 25.5 Å². The fourth-order valence-electron chi connectivity index (χ4n) is 1.56. The molecule has 0 fully saturated rings. The summed E-state index contributed by atoms with van der Waals surface area (Å²) in [6.45, 7) is 0. The molecule has 0 bridgehead atoms. The first-order valence-corrected chi connectivity index (χ1v) is 5.95. The highest BCUT2D eigenvalue weighted by atomic mass is 15.2. The maximum absolute atomic E-state index is 5.30. The Morgan fingerprint density at radius 2 is 1.32 bits per heavy atom. The summed E-state index contributed by atoms with van der Waals surface area (Å²) in [5.74, 6) is 5.30. The molecule has 0 saturated carbocycles. The van der Waals surface area contributed by atoms with Gasteiger partial charge < -0.3 is 10.3 Å². The molecule has 0 aromatic heterocycles. The van der Waals surface area contributed by atoms with E-state index in [9.17, 15) is 0 Å². The fourth-order valence-corrected chi connectivity index (χ4v) is 1.56. The average Bonchev–Trinajstić information content (AvgIpc) is 2.46. The van der Waals surface area contributed by atoms with Crippen LogP contribution in [-0.2, 0) is 0 Å². The minimum absolute atomic E-state index is 0.788. The van der Waals surface area contributed by atoms with Crippen molar-refractivity contribution >= 4 is 22.7 Å². The monoisotopic (exact) mass is 255 g/mol. The quantitative estimate of drug-likeness (QED) is 0.499. The van der Waals surface area contributed by atoms with Crippen LogP contribution in [0.5, 0.6) is 0 Å². The van der Waals surface area contributed by atoms with E-state index in [0.717, 1.165) is 22.7 Å². The number of nitrogens with one attached hydrogen (secondary N) is 1. The molecule has 5 nitrogen and oxygen atoms in total. The van der Waals surface area contributed by atoms with E-state index in [4.69, 9.17) is 5.84 Å². The molecule has 0 amide bonds. The normalized spacial score (nSPS) is 10.7. The van der Waals surface area contributed by atoms with Crippen LogP contribution < -0.4 is 16.2 Å². The first kappa shape index (κ1) is 13.0. The Kier molecular flexibility index (Phi) is 4.10. The van der Waals surface area contributed by atoms with E-state index in [1.54, 1.807) is 0 Å². The Balaban J connectivity index is 2.08. The van der Waals surface area contributed by atoms with E-state index < -0.39 is 0 Å². The molecule has 0 aliphatic rings. The SMILES string of the molecule is CN(C)c1ccc(N=Nc2ccc(NN)cc2)cc1. The van der Waals surface area contributed by atoms with E-state index in [-0.39, 0.29) is 0 Å². The third-order valence-electron chi connectivity index (χ3n) is 2.68. The van der Waals surface area contributed by atoms with Gasteiger partial charge in [0.2, 0.25) is 0 Å². The van der Waals surface area contributed by atoms with Gasteiger partial charge in [0.1, 0.15) is 0 Å². The molecule has 3 N–H and O–H groups in total. The number of nitrogens with two attached hydrogens (primary N) is 1. The first-order valence-electron chi connectivity index (χ1n) is 5.95. The maximum Gasteiger partial charge on any atom is 0.0858 e. The summed E-state index contributed by atoms with van der Waals surface area (Å²) in [5, 5.41) is 8.36. The van der Waals surface area contributed by atoms with Crippen LogP contribution in [0.2, 0.25) is 0 Å². The third-order valence-corrected chi connectivity index (χ3v) is 2.68. The van der Waals surface area contributed by atoms with Crippen molar-refractivity contribution in [1.82, 2.24) is 0 Å². The van der Waals surface area contributed by atoms with Crippen LogP contribution in [0, 0.1) is 0 Å². The van der Waals surface area contributed by atoms with Crippen LogP contribution in [0.25, 0.3) is 0 Å². The zero-order chi connectivity index (χ0) is 13.7. The topological polar surface area (TPSA) is 66.0 Å². The standard InChI is InChI=1S/C14H17N5/c1-19(2)14-9-7-13(8-10-14)18-17-12-5-3-11(16-15)4-6-12/h3-10,16H,15H2,1-2H3. The second-order valence-electron chi connectivity index (χ2n) is 4.30. The highest BCUT2D eigenvalue weighted by Crippen LogP contribution is 2.22. The second kappa shape index (κ2) is 5.97. The average molecular weight is 255 g/mol. The van der Waals surface area contributed by atoms with Crippen molar-refractivity contribution in [2.45, 2.75) is 0 Å². The number of azo groups is 1. The molecular formula is C14H17N5. The molecule has 0 heterocycles. The highest BCUT2D eigenvalue weighted by Gasteiger charge is 1.95. The molecule has 19 heavy (non-hydrogen) atoms. The van der Waals surface area contributed by atoms with E-state index in [2.05, 4.69) is 15.7 Å². The van der Waals surface area contributed by atoms with Crippen LogP contribution in [0.3, 0.4) is 0 Å². The van der Waals surface area contributed by atoms with Gasteiger partial charge in [-0.25, -0.2) is 0 Å². The molecule has 5 heteroatoms. The molecule has 0 aliphatic carbocycles. The molecule has 0 saturated heterocycles. The predicted octanol–water partition coefficient (Wildman–Crippen LogP) is 3.45. The van der Waals surface area contributed by atoms with Crippen LogP contribution in [-0.4, -0.2) is 14.1 Å².